The van der Waals surface area contributed by atoms with Gasteiger partial charge in [0.05, 0.1) is 6.54 Å². The summed E-state index contributed by atoms with van der Waals surface area (Å²) in [6.45, 7) is 0.860. The number of aromatic nitrogens is 1. The molecule has 19 heavy (non-hydrogen) atoms. The van der Waals surface area contributed by atoms with E-state index in [4.69, 9.17) is 10.9 Å². The van der Waals surface area contributed by atoms with Crippen molar-refractivity contribution in [1.82, 2.24) is 9.88 Å². The van der Waals surface area contributed by atoms with Gasteiger partial charge >= 0.3 is 6.18 Å². The lowest BCUT2D eigenvalue weighted by Crippen LogP contribution is -2.34. The van der Waals surface area contributed by atoms with Crippen molar-refractivity contribution < 1.29 is 18.4 Å². The first-order chi connectivity index (χ1) is 8.87. The van der Waals surface area contributed by atoms with Gasteiger partial charge in [-0.1, -0.05) is 18.1 Å². The van der Waals surface area contributed by atoms with E-state index in [1.54, 1.807) is 19.1 Å². The van der Waals surface area contributed by atoms with Crippen LogP contribution in [0.25, 0.3) is 0 Å². The first kappa shape index (κ1) is 15.2. The molecule has 0 unspecified atom stereocenters. The van der Waals surface area contributed by atoms with Crippen LogP contribution >= 0.6 is 0 Å². The highest BCUT2D eigenvalue weighted by atomic mass is 19.4. The molecule has 0 bridgehead atoms. The van der Waals surface area contributed by atoms with Crippen molar-refractivity contribution in [2.45, 2.75) is 19.6 Å². The summed E-state index contributed by atoms with van der Waals surface area (Å²) in [5.74, 6) is -0.223. The smallest absolute Gasteiger partial charge is 0.401 e. The van der Waals surface area contributed by atoms with Crippen LogP contribution in [0.3, 0.4) is 0 Å². The van der Waals surface area contributed by atoms with E-state index < -0.39 is 12.7 Å². The van der Waals surface area contributed by atoms with Gasteiger partial charge in [0.25, 0.3) is 0 Å². The second-order valence-electron chi connectivity index (χ2n) is 3.91. The number of hydrogen-bond acceptors (Lipinski definition) is 4. The monoisotopic (exact) mass is 276 g/mol. The molecule has 1 aromatic rings. The van der Waals surface area contributed by atoms with Crippen LogP contribution in [-0.4, -0.2) is 40.2 Å². The van der Waals surface area contributed by atoms with Gasteiger partial charge in [-0.05, 0) is 18.2 Å². The van der Waals surface area contributed by atoms with Crippen LogP contribution in [0.2, 0.25) is 0 Å². The zero-order chi connectivity index (χ0) is 14.5. The van der Waals surface area contributed by atoms with Crippen LogP contribution in [0.5, 0.6) is 0 Å². The van der Waals surface area contributed by atoms with Gasteiger partial charge in [0.1, 0.15) is 5.69 Å². The zero-order valence-corrected chi connectivity index (χ0v) is 10.4. The molecular formula is C11H15F3N4O. The molecule has 0 saturated heterocycles. The van der Waals surface area contributed by atoms with Crippen LogP contribution in [0, 0.1) is 0 Å². The largest absolute Gasteiger partial charge is 0.409 e. The van der Waals surface area contributed by atoms with Crippen molar-refractivity contribution in [2.75, 3.05) is 13.1 Å². The number of nitrogens with zero attached hydrogens (tertiary/aromatic N) is 3. The normalized spacial score (nSPS) is 13.0. The van der Waals surface area contributed by atoms with Crippen molar-refractivity contribution in [3.05, 3.63) is 29.6 Å². The van der Waals surface area contributed by atoms with E-state index in [2.05, 4.69) is 10.1 Å². The number of halogens is 3. The Balaban J connectivity index is 2.92. The fourth-order valence-electron chi connectivity index (χ4n) is 1.62. The minimum atomic E-state index is -4.27. The molecule has 0 aromatic carbocycles. The lowest BCUT2D eigenvalue weighted by Gasteiger charge is -2.22. The Kier molecular flexibility index (Phi) is 5.11. The van der Waals surface area contributed by atoms with E-state index in [-0.39, 0.29) is 24.6 Å². The van der Waals surface area contributed by atoms with E-state index in [1.807, 2.05) is 0 Å². The fourth-order valence-corrected chi connectivity index (χ4v) is 1.62. The van der Waals surface area contributed by atoms with Gasteiger partial charge in [-0.15, -0.1) is 0 Å². The Labute approximate surface area is 108 Å². The van der Waals surface area contributed by atoms with Crippen molar-refractivity contribution in [2.24, 2.45) is 10.9 Å². The van der Waals surface area contributed by atoms with Crippen molar-refractivity contribution in [1.29, 1.82) is 0 Å². The van der Waals surface area contributed by atoms with Gasteiger partial charge in [-0.2, -0.15) is 13.2 Å². The van der Waals surface area contributed by atoms with E-state index in [0.29, 0.717) is 5.56 Å². The molecule has 1 rings (SSSR count). The third-order valence-corrected chi connectivity index (χ3v) is 2.49. The highest BCUT2D eigenvalue weighted by Gasteiger charge is 2.30. The third kappa shape index (κ3) is 4.74. The Morgan fingerprint density at radius 1 is 1.53 bits per heavy atom. The SMILES string of the molecule is CCN(Cc1cccnc1C(N)=NO)CC(F)(F)F. The summed E-state index contributed by atoms with van der Waals surface area (Å²) in [5.41, 5.74) is 6.10. The molecule has 5 nitrogen and oxygen atoms in total. The molecule has 0 aliphatic carbocycles. The average molecular weight is 276 g/mol. The van der Waals surface area contributed by atoms with Crippen molar-refractivity contribution >= 4 is 5.84 Å². The molecule has 0 fully saturated rings. The molecule has 1 heterocycles. The Hall–Kier alpha value is -1.83. The summed E-state index contributed by atoms with van der Waals surface area (Å²) in [4.78, 5) is 5.11. The molecule has 3 N–H and O–H groups in total. The molecule has 0 radical (unpaired) electrons. The molecular weight excluding hydrogens is 261 g/mol. The van der Waals surface area contributed by atoms with Gasteiger partial charge in [-0.25, -0.2) is 0 Å². The number of amidine groups is 1. The van der Waals surface area contributed by atoms with Crippen LogP contribution in [0.15, 0.2) is 23.5 Å². The fraction of sp³-hybridized carbons (Fsp3) is 0.455. The zero-order valence-electron chi connectivity index (χ0n) is 10.4. The number of hydrogen-bond donors (Lipinski definition) is 2. The topological polar surface area (TPSA) is 74.7 Å². The summed E-state index contributed by atoms with van der Waals surface area (Å²) in [7, 11) is 0. The summed E-state index contributed by atoms with van der Waals surface area (Å²) in [5, 5.41) is 11.4. The predicted molar refractivity (Wildman–Crippen MR) is 63.8 cm³/mol. The first-order valence-corrected chi connectivity index (χ1v) is 5.58. The molecule has 0 saturated carbocycles. The number of pyridine rings is 1. The lowest BCUT2D eigenvalue weighted by molar-refractivity contribution is -0.146. The summed E-state index contributed by atoms with van der Waals surface area (Å²) in [6.07, 6.45) is -2.84. The predicted octanol–water partition coefficient (Wildman–Crippen LogP) is 1.56. The van der Waals surface area contributed by atoms with Gasteiger partial charge in [0.2, 0.25) is 0 Å². The minimum absolute atomic E-state index is 0.0232. The Bertz CT molecular complexity index is 448. The minimum Gasteiger partial charge on any atom is -0.409 e. The first-order valence-electron chi connectivity index (χ1n) is 5.58. The molecule has 0 atom stereocenters. The maximum atomic E-state index is 12.4. The van der Waals surface area contributed by atoms with E-state index in [1.165, 1.54) is 11.1 Å². The molecule has 0 amide bonds. The number of alkyl halides is 3. The van der Waals surface area contributed by atoms with Crippen LogP contribution in [-0.2, 0) is 6.54 Å². The average Bonchev–Trinajstić information content (AvgIpc) is 2.36. The Morgan fingerprint density at radius 2 is 2.21 bits per heavy atom. The van der Waals surface area contributed by atoms with Crippen LogP contribution in [0.1, 0.15) is 18.2 Å². The van der Waals surface area contributed by atoms with E-state index >= 15 is 0 Å². The Morgan fingerprint density at radius 3 is 2.74 bits per heavy atom. The number of nitrogens with two attached hydrogens (primary N) is 1. The lowest BCUT2D eigenvalue weighted by atomic mass is 10.1. The number of oxime groups is 1. The van der Waals surface area contributed by atoms with Gasteiger partial charge in [0, 0.05) is 12.7 Å². The number of rotatable bonds is 5. The highest BCUT2D eigenvalue weighted by Crippen LogP contribution is 2.18. The molecule has 106 valence electrons. The summed E-state index contributed by atoms with van der Waals surface area (Å²) >= 11 is 0. The van der Waals surface area contributed by atoms with E-state index in [0.717, 1.165) is 0 Å². The molecule has 0 aliphatic heterocycles. The standard InChI is InChI=1S/C11H15F3N4O/c1-2-18(7-11(12,13)14)6-8-4-3-5-16-9(8)10(15)17-19/h3-5,19H,2,6-7H2,1H3,(H2,15,17). The molecule has 0 spiro atoms. The van der Waals surface area contributed by atoms with Crippen LogP contribution in [0.4, 0.5) is 13.2 Å². The third-order valence-electron chi connectivity index (χ3n) is 2.49. The molecule has 1 aromatic heterocycles. The molecule has 8 heteroatoms. The second kappa shape index (κ2) is 6.37. The quantitative estimate of drug-likeness (QED) is 0.370. The van der Waals surface area contributed by atoms with Gasteiger partial charge in [-0.3, -0.25) is 9.88 Å². The van der Waals surface area contributed by atoms with Crippen molar-refractivity contribution in [3.63, 3.8) is 0 Å². The summed E-state index contributed by atoms with van der Waals surface area (Å²) < 4.78 is 37.1. The second-order valence-corrected chi connectivity index (χ2v) is 3.91. The van der Waals surface area contributed by atoms with Gasteiger partial charge in [0.15, 0.2) is 5.84 Å². The maximum Gasteiger partial charge on any atom is 0.401 e. The van der Waals surface area contributed by atoms with Gasteiger partial charge < -0.3 is 10.9 Å². The van der Waals surface area contributed by atoms with Crippen molar-refractivity contribution in [3.8, 4) is 0 Å². The van der Waals surface area contributed by atoms with Crippen LogP contribution < -0.4 is 5.73 Å². The highest BCUT2D eigenvalue weighted by molar-refractivity contribution is 5.96. The summed E-state index contributed by atoms with van der Waals surface area (Å²) in [6, 6.07) is 3.18. The van der Waals surface area contributed by atoms with E-state index in [9.17, 15) is 13.2 Å². The molecule has 0 aliphatic rings. The maximum absolute atomic E-state index is 12.4.